The van der Waals surface area contributed by atoms with Crippen molar-refractivity contribution in [2.24, 2.45) is 11.8 Å². The largest absolute Gasteiger partial charge is 0.383 e. The summed E-state index contributed by atoms with van der Waals surface area (Å²) in [6.45, 7) is 3.34. The first-order chi connectivity index (χ1) is 14.6. The van der Waals surface area contributed by atoms with E-state index in [0.29, 0.717) is 43.4 Å². The number of halogens is 1. The summed E-state index contributed by atoms with van der Waals surface area (Å²) in [6.07, 6.45) is 4.74. The van der Waals surface area contributed by atoms with Crippen LogP contribution in [0, 0.1) is 17.7 Å². The molecule has 2 aliphatic heterocycles. The summed E-state index contributed by atoms with van der Waals surface area (Å²) >= 11 is 0. The van der Waals surface area contributed by atoms with Crippen molar-refractivity contribution >= 4 is 22.7 Å². The summed E-state index contributed by atoms with van der Waals surface area (Å²) in [6, 6.07) is 6.27. The highest BCUT2D eigenvalue weighted by molar-refractivity contribution is 5.98. The number of piperidine rings is 1. The molecule has 4 rings (SSSR count). The summed E-state index contributed by atoms with van der Waals surface area (Å²) in [5.41, 5.74) is 1.12. The van der Waals surface area contributed by atoms with Gasteiger partial charge in [0.1, 0.15) is 11.5 Å². The molecule has 3 heterocycles. The van der Waals surface area contributed by atoms with Gasteiger partial charge in [0.25, 0.3) is 5.91 Å². The number of carbonyl (C=O) groups is 2. The Morgan fingerprint density at radius 1 is 1.17 bits per heavy atom. The van der Waals surface area contributed by atoms with Crippen molar-refractivity contribution in [3.05, 3.63) is 35.8 Å². The minimum Gasteiger partial charge on any atom is -0.383 e. The fourth-order valence-corrected chi connectivity index (χ4v) is 4.89. The van der Waals surface area contributed by atoms with Crippen LogP contribution in [0.2, 0.25) is 0 Å². The van der Waals surface area contributed by atoms with E-state index in [1.165, 1.54) is 12.1 Å². The number of carbonyl (C=O) groups excluding carboxylic acids is 2. The van der Waals surface area contributed by atoms with Gasteiger partial charge in [0.2, 0.25) is 5.91 Å². The Labute approximate surface area is 176 Å². The van der Waals surface area contributed by atoms with Crippen molar-refractivity contribution < 1.29 is 18.7 Å². The molecule has 0 saturated carbocycles. The molecule has 2 saturated heterocycles. The Balaban J connectivity index is 1.38. The molecular formula is C23H30FN3O3. The van der Waals surface area contributed by atoms with Crippen molar-refractivity contribution in [2.45, 2.75) is 32.1 Å². The number of aromatic amines is 1. The lowest BCUT2D eigenvalue weighted by molar-refractivity contribution is -0.137. The van der Waals surface area contributed by atoms with Gasteiger partial charge in [0.05, 0.1) is 6.61 Å². The van der Waals surface area contributed by atoms with Gasteiger partial charge in [-0.25, -0.2) is 4.39 Å². The normalized spacial score (nSPS) is 21.3. The smallest absolute Gasteiger partial charge is 0.270 e. The molecule has 7 heteroatoms. The van der Waals surface area contributed by atoms with E-state index < -0.39 is 0 Å². The van der Waals surface area contributed by atoms with Gasteiger partial charge >= 0.3 is 0 Å². The minimum atomic E-state index is -0.322. The number of amides is 2. The first kappa shape index (κ1) is 20.8. The highest BCUT2D eigenvalue weighted by Gasteiger charge is 2.36. The number of methoxy groups -OCH3 is 1. The van der Waals surface area contributed by atoms with Crippen LogP contribution in [0.15, 0.2) is 24.3 Å². The van der Waals surface area contributed by atoms with Crippen molar-refractivity contribution in [3.63, 3.8) is 0 Å². The minimum absolute atomic E-state index is 0.0534. The Kier molecular flexibility index (Phi) is 6.37. The van der Waals surface area contributed by atoms with E-state index in [0.717, 1.165) is 44.0 Å². The Bertz CT molecular complexity index is 904. The summed E-state index contributed by atoms with van der Waals surface area (Å²) in [7, 11) is 1.66. The lowest BCUT2D eigenvalue weighted by Gasteiger charge is -2.36. The standard InChI is InChI=1S/C23H30FN3O3/c1-30-13-12-26-9-3-2-4-19(22(26)28)16-7-10-27(11-8-16)23(29)21-14-17-5-6-18(24)15-20(17)25-21/h5-6,14-16,19,25H,2-4,7-13H2,1H3/t19-/m1/s1. The van der Waals surface area contributed by atoms with Crippen molar-refractivity contribution in [1.82, 2.24) is 14.8 Å². The first-order valence-corrected chi connectivity index (χ1v) is 10.9. The van der Waals surface area contributed by atoms with Gasteiger partial charge in [-0.2, -0.15) is 0 Å². The SMILES string of the molecule is COCCN1CCCC[C@H](C2CCN(C(=O)c3cc4ccc(F)cc4[nH]3)CC2)C1=O. The summed E-state index contributed by atoms with van der Waals surface area (Å²) in [5.74, 6) is 0.252. The van der Waals surface area contributed by atoms with Crippen LogP contribution in [0.4, 0.5) is 4.39 Å². The van der Waals surface area contributed by atoms with Gasteiger partial charge in [0.15, 0.2) is 0 Å². The summed E-state index contributed by atoms with van der Waals surface area (Å²) in [5, 5.41) is 0.829. The Morgan fingerprint density at radius 3 is 2.73 bits per heavy atom. The number of benzene rings is 1. The topological polar surface area (TPSA) is 65.6 Å². The maximum Gasteiger partial charge on any atom is 0.270 e. The Morgan fingerprint density at radius 2 is 1.97 bits per heavy atom. The zero-order valence-electron chi connectivity index (χ0n) is 17.5. The predicted molar refractivity (Wildman–Crippen MR) is 113 cm³/mol. The van der Waals surface area contributed by atoms with Crippen LogP contribution < -0.4 is 0 Å². The number of H-pyrrole nitrogens is 1. The number of fused-ring (bicyclic) bond motifs is 1. The number of hydrogen-bond donors (Lipinski definition) is 1. The van der Waals surface area contributed by atoms with Crippen LogP contribution in [0.3, 0.4) is 0 Å². The molecule has 2 amide bonds. The molecule has 0 bridgehead atoms. The van der Waals surface area contributed by atoms with Crippen molar-refractivity contribution in [3.8, 4) is 0 Å². The lowest BCUT2D eigenvalue weighted by atomic mass is 9.81. The number of rotatable bonds is 5. The Hall–Kier alpha value is -2.41. The molecule has 1 aromatic heterocycles. The fraction of sp³-hybridized carbons (Fsp3) is 0.565. The van der Waals surface area contributed by atoms with E-state index in [4.69, 9.17) is 4.74 Å². The monoisotopic (exact) mass is 415 g/mol. The molecule has 1 aromatic carbocycles. The van der Waals surface area contributed by atoms with E-state index in [2.05, 4.69) is 4.98 Å². The average molecular weight is 416 g/mol. The van der Waals surface area contributed by atoms with E-state index in [1.54, 1.807) is 19.2 Å². The third kappa shape index (κ3) is 4.36. The fourth-order valence-electron chi connectivity index (χ4n) is 4.89. The van der Waals surface area contributed by atoms with Crippen LogP contribution in [-0.4, -0.2) is 66.5 Å². The molecule has 6 nitrogen and oxygen atoms in total. The van der Waals surface area contributed by atoms with Gasteiger partial charge in [-0.3, -0.25) is 9.59 Å². The molecular weight excluding hydrogens is 385 g/mol. The van der Waals surface area contributed by atoms with E-state index in [1.807, 2.05) is 9.80 Å². The highest BCUT2D eigenvalue weighted by atomic mass is 19.1. The quantitative estimate of drug-likeness (QED) is 0.814. The molecule has 1 atom stereocenters. The van der Waals surface area contributed by atoms with Gasteiger partial charge in [0, 0.05) is 50.1 Å². The second kappa shape index (κ2) is 9.16. The van der Waals surface area contributed by atoms with Crippen molar-refractivity contribution in [1.29, 1.82) is 0 Å². The molecule has 2 aliphatic rings. The number of aromatic nitrogens is 1. The van der Waals surface area contributed by atoms with Gasteiger partial charge in [-0.15, -0.1) is 0 Å². The third-order valence-corrected chi connectivity index (χ3v) is 6.60. The van der Waals surface area contributed by atoms with Crippen LogP contribution in [0.5, 0.6) is 0 Å². The summed E-state index contributed by atoms with van der Waals surface area (Å²) in [4.78, 5) is 32.9. The predicted octanol–water partition coefficient (Wildman–Crippen LogP) is 3.43. The maximum atomic E-state index is 13.4. The van der Waals surface area contributed by atoms with Gasteiger partial charge in [-0.1, -0.05) is 6.42 Å². The number of nitrogens with zero attached hydrogens (tertiary/aromatic N) is 2. The van der Waals surface area contributed by atoms with E-state index >= 15 is 0 Å². The van der Waals surface area contributed by atoms with Crippen LogP contribution in [0.1, 0.15) is 42.6 Å². The van der Waals surface area contributed by atoms with Crippen molar-refractivity contribution in [2.75, 3.05) is 39.9 Å². The molecule has 0 unspecified atom stereocenters. The second-order valence-corrected chi connectivity index (χ2v) is 8.46. The zero-order chi connectivity index (χ0) is 21.1. The number of ether oxygens (including phenoxy) is 1. The van der Waals surface area contributed by atoms with Crippen LogP contribution in [0.25, 0.3) is 10.9 Å². The lowest BCUT2D eigenvalue weighted by Crippen LogP contribution is -2.44. The van der Waals surface area contributed by atoms with Gasteiger partial charge in [-0.05, 0) is 55.9 Å². The van der Waals surface area contributed by atoms with Gasteiger partial charge < -0.3 is 19.5 Å². The van der Waals surface area contributed by atoms with E-state index in [-0.39, 0.29) is 23.5 Å². The highest BCUT2D eigenvalue weighted by Crippen LogP contribution is 2.32. The molecule has 0 aliphatic carbocycles. The molecule has 0 spiro atoms. The third-order valence-electron chi connectivity index (χ3n) is 6.60. The molecule has 1 N–H and O–H groups in total. The number of likely N-dealkylation sites (tertiary alicyclic amines) is 2. The second-order valence-electron chi connectivity index (χ2n) is 8.46. The summed E-state index contributed by atoms with van der Waals surface area (Å²) < 4.78 is 18.6. The first-order valence-electron chi connectivity index (χ1n) is 10.9. The molecule has 162 valence electrons. The average Bonchev–Trinajstić information content (AvgIpc) is 3.09. The van der Waals surface area contributed by atoms with Crippen LogP contribution >= 0.6 is 0 Å². The molecule has 0 radical (unpaired) electrons. The van der Waals surface area contributed by atoms with Crippen LogP contribution in [-0.2, 0) is 9.53 Å². The number of hydrogen-bond acceptors (Lipinski definition) is 3. The molecule has 30 heavy (non-hydrogen) atoms. The number of nitrogens with one attached hydrogen (secondary N) is 1. The molecule has 2 fully saturated rings. The van der Waals surface area contributed by atoms with E-state index in [9.17, 15) is 14.0 Å². The zero-order valence-corrected chi connectivity index (χ0v) is 17.5. The maximum absolute atomic E-state index is 13.4. The molecule has 2 aromatic rings.